The summed E-state index contributed by atoms with van der Waals surface area (Å²) < 4.78 is 67.9. The maximum atomic E-state index is 13.4. The van der Waals surface area contributed by atoms with Crippen LogP contribution in [-0.2, 0) is 20.2 Å². The number of carbonyl (C=O) groups is 1. The second-order valence-corrected chi connectivity index (χ2v) is 10.6. The summed E-state index contributed by atoms with van der Waals surface area (Å²) in [6, 6.07) is 13.5. The highest BCUT2D eigenvalue weighted by Gasteiger charge is 2.37. The number of non-ortho nitro benzene ring substituents is 1. The number of hydrazone groups is 1. The maximum Gasteiger partial charge on any atom is 0.296 e. The fourth-order valence-electron chi connectivity index (χ4n) is 3.48. The van der Waals surface area contributed by atoms with Crippen LogP contribution in [0, 0.1) is 10.1 Å². The molecule has 0 aliphatic heterocycles. The number of azo groups is 1. The normalized spacial score (nSPS) is 14.8. The molecule has 3 aromatic carbocycles. The van der Waals surface area contributed by atoms with Crippen molar-refractivity contribution in [2.75, 3.05) is 11.2 Å². The quantitative estimate of drug-likeness (QED) is 0.104. The summed E-state index contributed by atoms with van der Waals surface area (Å²) in [4.78, 5) is 21.7. The van der Waals surface area contributed by atoms with E-state index in [9.17, 15) is 40.8 Å². The molecule has 15 nitrogen and oxygen atoms in total. The van der Waals surface area contributed by atoms with E-state index in [0.29, 0.717) is 5.69 Å². The smallest absolute Gasteiger partial charge is 0.296 e. The molecular weight excluding hydrogens is 556 g/mol. The van der Waals surface area contributed by atoms with E-state index in [2.05, 4.69) is 20.8 Å². The number of hydrogen-bond acceptors (Lipinski definition) is 12. The van der Waals surface area contributed by atoms with Crippen LogP contribution in [0.2, 0.25) is 0 Å². The Balaban J connectivity index is 1.90. The number of allylic oxidation sites excluding steroid dienone is 1. The molecule has 0 bridgehead atoms. The Hall–Kier alpha value is -4.84. The summed E-state index contributed by atoms with van der Waals surface area (Å²) >= 11 is 0. The van der Waals surface area contributed by atoms with Gasteiger partial charge in [0.15, 0.2) is 5.71 Å². The molecule has 0 spiro atoms. The molecule has 3 aromatic rings. The van der Waals surface area contributed by atoms with Crippen LogP contribution in [0.25, 0.3) is 6.08 Å². The fraction of sp³-hybridized carbons (Fsp3) is 0. The minimum absolute atomic E-state index is 0.0354. The third-order valence-electron chi connectivity index (χ3n) is 5.25. The van der Waals surface area contributed by atoms with Crippen molar-refractivity contribution in [3.8, 4) is 0 Å². The van der Waals surface area contributed by atoms with Crippen LogP contribution in [0.3, 0.4) is 0 Å². The number of ketones is 1. The van der Waals surface area contributed by atoms with Crippen LogP contribution in [0.1, 0.15) is 15.9 Å². The number of nitrogens with two attached hydrogens (primary N) is 1. The summed E-state index contributed by atoms with van der Waals surface area (Å²) in [6.45, 7) is 0. The highest BCUT2D eigenvalue weighted by atomic mass is 32.2. The number of nitrogen functional groups attached to an aromatic ring is 1. The molecule has 200 valence electrons. The third-order valence-corrected chi connectivity index (χ3v) is 6.98. The Bertz CT molecular complexity index is 1820. The zero-order chi connectivity index (χ0) is 28.5. The zero-order valence-corrected chi connectivity index (χ0v) is 20.9. The SMILES string of the molecule is Nc1c(/N=N/c2ccc([N+](=O)[O-])cc2)c(S(=O)(=O)O)cc2c1C(=O)/C(=N/Nc1ccccc1)C(S(=O)(=O)O)=C2. The molecule has 39 heavy (non-hydrogen) atoms. The number of anilines is 2. The van der Waals surface area contributed by atoms with Gasteiger partial charge < -0.3 is 5.73 Å². The van der Waals surface area contributed by atoms with Crippen molar-refractivity contribution >= 4 is 66.2 Å². The average Bonchev–Trinajstić information content (AvgIpc) is 2.86. The van der Waals surface area contributed by atoms with Gasteiger partial charge in [-0.15, -0.1) is 5.11 Å². The number of nitrogens with zero attached hydrogens (tertiary/aromatic N) is 4. The molecule has 0 radical (unpaired) electrons. The van der Waals surface area contributed by atoms with Gasteiger partial charge in [-0.1, -0.05) is 18.2 Å². The van der Waals surface area contributed by atoms with Gasteiger partial charge in [0.25, 0.3) is 25.9 Å². The van der Waals surface area contributed by atoms with E-state index in [1.54, 1.807) is 30.3 Å². The van der Waals surface area contributed by atoms with Gasteiger partial charge in [0.1, 0.15) is 15.5 Å². The van der Waals surface area contributed by atoms with Gasteiger partial charge in [-0.25, -0.2) is 0 Å². The summed E-state index contributed by atoms with van der Waals surface area (Å²) in [6.07, 6.45) is 0.764. The van der Waals surface area contributed by atoms with Gasteiger partial charge in [0.2, 0.25) is 5.78 Å². The Labute approximate surface area is 220 Å². The first-order chi connectivity index (χ1) is 18.3. The van der Waals surface area contributed by atoms with Gasteiger partial charge in [0.05, 0.1) is 27.5 Å². The summed E-state index contributed by atoms with van der Waals surface area (Å²) in [5.74, 6) is -1.12. The van der Waals surface area contributed by atoms with E-state index in [0.717, 1.165) is 24.3 Å². The molecule has 5 N–H and O–H groups in total. The summed E-state index contributed by atoms with van der Waals surface area (Å²) in [5, 5.41) is 22.2. The number of nitro benzene ring substituents is 1. The number of hydrogen-bond donors (Lipinski definition) is 4. The van der Waals surface area contributed by atoms with Crippen LogP contribution in [-0.4, -0.2) is 42.4 Å². The second-order valence-electron chi connectivity index (χ2n) is 7.80. The van der Waals surface area contributed by atoms with Crippen LogP contribution >= 0.6 is 0 Å². The van der Waals surface area contributed by atoms with Crippen molar-refractivity contribution in [1.82, 2.24) is 0 Å². The zero-order valence-electron chi connectivity index (χ0n) is 19.3. The van der Waals surface area contributed by atoms with Gasteiger partial charge in [-0.2, -0.15) is 27.1 Å². The summed E-state index contributed by atoms with van der Waals surface area (Å²) in [7, 11) is -10.1. The Morgan fingerprint density at radius 2 is 1.56 bits per heavy atom. The number of nitrogens with one attached hydrogen (secondary N) is 1. The standard InChI is InChI=1S/C22H16N6O9S2/c23-19-18-12(11-17(39(35,36)37)21(22(18)29)27-24-13-4-2-1-3-5-13)10-16(38(32,33)34)20(19)26-25-14-6-8-15(9-7-14)28(30)31/h1-11,24H,23H2,(H,32,33,34)(H,35,36,37)/b26-25+,27-21+. The monoisotopic (exact) mass is 572 g/mol. The molecule has 0 saturated heterocycles. The van der Waals surface area contributed by atoms with E-state index in [1.165, 1.54) is 12.1 Å². The number of carbonyl (C=O) groups excluding carboxylic acids is 1. The number of para-hydroxylation sites is 1. The Morgan fingerprint density at radius 1 is 0.923 bits per heavy atom. The van der Waals surface area contributed by atoms with E-state index in [-0.39, 0.29) is 16.9 Å². The van der Waals surface area contributed by atoms with Crippen LogP contribution in [0.15, 0.2) is 85.8 Å². The van der Waals surface area contributed by atoms with E-state index >= 15 is 0 Å². The second kappa shape index (κ2) is 10.1. The van der Waals surface area contributed by atoms with Gasteiger partial charge in [0, 0.05) is 12.1 Å². The van der Waals surface area contributed by atoms with Gasteiger partial charge in [-0.05, 0) is 42.0 Å². The first kappa shape index (κ1) is 27.2. The third kappa shape index (κ3) is 5.70. The molecule has 0 amide bonds. The number of benzene rings is 3. The molecule has 0 atom stereocenters. The van der Waals surface area contributed by atoms with Crippen LogP contribution < -0.4 is 11.2 Å². The lowest BCUT2D eigenvalue weighted by Crippen LogP contribution is -2.28. The average molecular weight is 573 g/mol. The lowest BCUT2D eigenvalue weighted by molar-refractivity contribution is -0.384. The number of rotatable bonds is 7. The molecular formula is C22H16N6O9S2. The molecule has 0 saturated carbocycles. The first-order valence-electron chi connectivity index (χ1n) is 10.5. The first-order valence-corrected chi connectivity index (χ1v) is 13.4. The van der Waals surface area contributed by atoms with Crippen molar-refractivity contribution in [3.05, 3.63) is 86.8 Å². The van der Waals surface area contributed by atoms with E-state index < -0.39 is 63.4 Å². The summed E-state index contributed by atoms with van der Waals surface area (Å²) in [5.41, 5.74) is 5.90. The topological polar surface area (TPSA) is 244 Å². The molecule has 0 aromatic heterocycles. The van der Waals surface area contributed by atoms with Crippen molar-refractivity contribution in [2.45, 2.75) is 4.90 Å². The fourth-order valence-corrected chi connectivity index (χ4v) is 4.81. The molecule has 0 fully saturated rings. The minimum atomic E-state index is -5.06. The highest BCUT2D eigenvalue weighted by molar-refractivity contribution is 7.91. The van der Waals surface area contributed by atoms with Crippen LogP contribution in [0.5, 0.6) is 0 Å². The molecule has 1 aliphatic carbocycles. The molecule has 17 heteroatoms. The van der Waals surface area contributed by atoms with Gasteiger partial charge in [-0.3, -0.25) is 29.4 Å². The molecule has 1 aliphatic rings. The van der Waals surface area contributed by atoms with E-state index in [4.69, 9.17) is 5.73 Å². The van der Waals surface area contributed by atoms with E-state index in [1.807, 2.05) is 0 Å². The Kier molecular flexibility index (Phi) is 7.07. The van der Waals surface area contributed by atoms with Crippen molar-refractivity contribution in [1.29, 1.82) is 0 Å². The molecule has 4 rings (SSSR count). The van der Waals surface area contributed by atoms with Crippen molar-refractivity contribution in [2.24, 2.45) is 15.3 Å². The number of nitro groups is 1. The minimum Gasteiger partial charge on any atom is -0.396 e. The largest absolute Gasteiger partial charge is 0.396 e. The maximum absolute atomic E-state index is 13.4. The van der Waals surface area contributed by atoms with Gasteiger partial charge >= 0.3 is 0 Å². The number of Topliss-reactive ketones (excluding diaryl/α,β-unsaturated/α-hetero) is 1. The lowest BCUT2D eigenvalue weighted by atomic mass is 9.92. The predicted molar refractivity (Wildman–Crippen MR) is 139 cm³/mol. The predicted octanol–water partition coefficient (Wildman–Crippen LogP) is 3.73. The number of fused-ring (bicyclic) bond motifs is 1. The molecule has 0 heterocycles. The molecule has 0 unspecified atom stereocenters. The van der Waals surface area contributed by atoms with Crippen molar-refractivity contribution < 1.29 is 35.7 Å². The highest BCUT2D eigenvalue weighted by Crippen LogP contribution is 2.40. The van der Waals surface area contributed by atoms with Crippen LogP contribution in [0.4, 0.5) is 28.4 Å². The lowest BCUT2D eigenvalue weighted by Gasteiger charge is -2.20. The Morgan fingerprint density at radius 3 is 2.13 bits per heavy atom. The van der Waals surface area contributed by atoms with Crippen molar-refractivity contribution in [3.63, 3.8) is 0 Å².